The smallest absolute Gasteiger partial charge is 0.136 e. The third kappa shape index (κ3) is 3.67. The maximum absolute atomic E-state index is 5.07. The van der Waals surface area contributed by atoms with E-state index in [1.807, 2.05) is 0 Å². The van der Waals surface area contributed by atoms with Gasteiger partial charge in [-0.2, -0.15) is 0 Å². The lowest BCUT2D eigenvalue weighted by atomic mass is 9.89. The number of fused-ring (bicyclic) bond motifs is 1. The fourth-order valence-corrected chi connectivity index (χ4v) is 4.90. The lowest BCUT2D eigenvalue weighted by molar-refractivity contribution is 0.0623. The van der Waals surface area contributed by atoms with E-state index in [2.05, 4.69) is 52.4 Å². The Balaban J connectivity index is 1.31. The van der Waals surface area contributed by atoms with E-state index in [1.54, 1.807) is 6.34 Å². The molecule has 0 aromatic carbocycles. The number of hydrogen-bond donors (Lipinski definition) is 2. The molecule has 0 radical (unpaired) electrons. The number of aliphatic imine (C=N–C) groups is 2. The maximum Gasteiger partial charge on any atom is 0.136 e. The Hall–Kier alpha value is -1.40. The van der Waals surface area contributed by atoms with Crippen LogP contribution in [0.5, 0.6) is 0 Å². The first-order valence-electron chi connectivity index (χ1n) is 10.4. The molecule has 3 aliphatic heterocycles. The molecule has 4 aliphatic rings. The van der Waals surface area contributed by atoms with Crippen LogP contribution in [0.1, 0.15) is 46.5 Å². The SMILES string of the molecule is CC1=CNC2NC=NC(=NC3CCC(N4CCN(C(C)C)CC4)CC3)C12. The molecule has 0 bridgehead atoms. The van der Waals surface area contributed by atoms with Crippen molar-refractivity contribution >= 4 is 12.2 Å². The van der Waals surface area contributed by atoms with Crippen LogP contribution in [0, 0.1) is 5.92 Å². The van der Waals surface area contributed by atoms with Gasteiger partial charge in [-0.25, -0.2) is 4.99 Å². The first-order chi connectivity index (χ1) is 12.6. The number of piperazine rings is 1. The number of nitrogens with one attached hydrogen (secondary N) is 2. The number of rotatable bonds is 3. The third-order valence-electron chi connectivity index (χ3n) is 6.62. The molecular formula is C20H34N6. The molecule has 2 fully saturated rings. The molecule has 6 nitrogen and oxygen atoms in total. The summed E-state index contributed by atoms with van der Waals surface area (Å²) in [7, 11) is 0. The van der Waals surface area contributed by atoms with E-state index in [0.717, 1.165) is 11.9 Å². The van der Waals surface area contributed by atoms with Crippen LogP contribution in [-0.2, 0) is 0 Å². The summed E-state index contributed by atoms with van der Waals surface area (Å²) in [4.78, 5) is 15.0. The van der Waals surface area contributed by atoms with Gasteiger partial charge in [0, 0.05) is 38.3 Å². The minimum atomic E-state index is 0.236. The van der Waals surface area contributed by atoms with Crippen molar-refractivity contribution in [2.24, 2.45) is 15.9 Å². The van der Waals surface area contributed by atoms with Gasteiger partial charge in [-0.1, -0.05) is 0 Å². The Morgan fingerprint density at radius 2 is 1.81 bits per heavy atom. The molecule has 0 aromatic rings. The Bertz CT molecular complexity index is 579. The largest absolute Gasteiger partial charge is 0.371 e. The molecule has 0 amide bonds. The van der Waals surface area contributed by atoms with Crippen molar-refractivity contribution in [2.45, 2.75) is 70.7 Å². The van der Waals surface area contributed by atoms with E-state index >= 15 is 0 Å². The number of hydrogen-bond acceptors (Lipinski definition) is 5. The fraction of sp³-hybridized carbons (Fsp3) is 0.800. The molecule has 2 N–H and O–H groups in total. The van der Waals surface area contributed by atoms with Gasteiger partial charge < -0.3 is 10.6 Å². The fourth-order valence-electron chi connectivity index (χ4n) is 4.90. The summed E-state index contributed by atoms with van der Waals surface area (Å²) in [5.74, 6) is 1.31. The zero-order valence-corrected chi connectivity index (χ0v) is 16.5. The van der Waals surface area contributed by atoms with Gasteiger partial charge in [0.25, 0.3) is 0 Å². The summed E-state index contributed by atoms with van der Waals surface area (Å²) in [5.41, 5.74) is 1.33. The quantitative estimate of drug-likeness (QED) is 0.808. The van der Waals surface area contributed by atoms with E-state index in [0.29, 0.717) is 18.0 Å². The second kappa shape index (κ2) is 7.69. The van der Waals surface area contributed by atoms with Gasteiger partial charge in [-0.3, -0.25) is 14.8 Å². The third-order valence-corrected chi connectivity index (χ3v) is 6.62. The van der Waals surface area contributed by atoms with Crippen LogP contribution in [0.4, 0.5) is 0 Å². The highest BCUT2D eigenvalue weighted by Gasteiger charge is 2.35. The molecule has 1 aliphatic carbocycles. The first kappa shape index (κ1) is 18.0. The molecule has 1 saturated carbocycles. The predicted molar refractivity (Wildman–Crippen MR) is 108 cm³/mol. The molecule has 0 aromatic heterocycles. The summed E-state index contributed by atoms with van der Waals surface area (Å²) >= 11 is 0. The highest BCUT2D eigenvalue weighted by atomic mass is 15.3. The van der Waals surface area contributed by atoms with Crippen molar-refractivity contribution in [3.05, 3.63) is 11.8 Å². The number of nitrogens with zero attached hydrogens (tertiary/aromatic N) is 4. The minimum absolute atomic E-state index is 0.236. The van der Waals surface area contributed by atoms with Gasteiger partial charge >= 0.3 is 0 Å². The summed E-state index contributed by atoms with van der Waals surface area (Å²) < 4.78 is 0. The van der Waals surface area contributed by atoms with Crippen LogP contribution < -0.4 is 10.6 Å². The zero-order chi connectivity index (χ0) is 18.1. The maximum atomic E-state index is 5.07. The lowest BCUT2D eigenvalue weighted by Gasteiger charge is -2.42. The molecule has 0 spiro atoms. The second-order valence-electron chi connectivity index (χ2n) is 8.55. The van der Waals surface area contributed by atoms with E-state index < -0.39 is 0 Å². The molecular weight excluding hydrogens is 324 g/mol. The molecule has 4 rings (SSSR count). The van der Waals surface area contributed by atoms with Gasteiger partial charge in [0.1, 0.15) is 12.0 Å². The van der Waals surface area contributed by atoms with E-state index in [-0.39, 0.29) is 6.17 Å². The summed E-state index contributed by atoms with van der Waals surface area (Å²) in [6.07, 6.45) is 9.11. The van der Waals surface area contributed by atoms with Crippen LogP contribution in [0.15, 0.2) is 21.8 Å². The van der Waals surface area contributed by atoms with Gasteiger partial charge in [-0.05, 0) is 58.2 Å². The van der Waals surface area contributed by atoms with Crippen LogP contribution in [0.3, 0.4) is 0 Å². The Morgan fingerprint density at radius 3 is 2.50 bits per heavy atom. The summed E-state index contributed by atoms with van der Waals surface area (Å²) in [6, 6.07) is 1.89. The van der Waals surface area contributed by atoms with E-state index in [1.165, 1.54) is 57.4 Å². The summed E-state index contributed by atoms with van der Waals surface area (Å²) in [6.45, 7) is 11.7. The van der Waals surface area contributed by atoms with Crippen molar-refractivity contribution in [3.63, 3.8) is 0 Å². The normalized spacial score (nSPS) is 37.4. The van der Waals surface area contributed by atoms with Crippen LogP contribution in [0.2, 0.25) is 0 Å². The molecule has 26 heavy (non-hydrogen) atoms. The molecule has 2 atom stereocenters. The standard InChI is InChI=1S/C20H34N6/c1-14(2)25-8-10-26(11-9-25)17-6-4-16(5-7-17)24-20-18-15(3)12-21-19(18)22-13-23-20/h12-14,16-19,21H,4-11H2,1-3H3,(H,22,23,24). The van der Waals surface area contributed by atoms with Crippen LogP contribution >= 0.6 is 0 Å². The van der Waals surface area contributed by atoms with Crippen LogP contribution in [0.25, 0.3) is 0 Å². The highest BCUT2D eigenvalue weighted by Crippen LogP contribution is 2.29. The Labute approximate surface area is 157 Å². The van der Waals surface area contributed by atoms with Crippen molar-refractivity contribution in [1.82, 2.24) is 20.4 Å². The Kier molecular flexibility index (Phi) is 5.32. The van der Waals surface area contributed by atoms with E-state index in [4.69, 9.17) is 4.99 Å². The van der Waals surface area contributed by atoms with Crippen LogP contribution in [-0.4, -0.2) is 72.4 Å². The second-order valence-corrected chi connectivity index (χ2v) is 8.55. The minimum Gasteiger partial charge on any atom is -0.371 e. The molecule has 2 unspecified atom stereocenters. The summed E-state index contributed by atoms with van der Waals surface area (Å²) in [5, 5.41) is 6.67. The topological polar surface area (TPSA) is 55.3 Å². The molecule has 6 heteroatoms. The first-order valence-corrected chi connectivity index (χ1v) is 10.4. The van der Waals surface area contributed by atoms with Gasteiger partial charge in [0.05, 0.1) is 18.3 Å². The van der Waals surface area contributed by atoms with Gasteiger partial charge in [0.15, 0.2) is 0 Å². The molecule has 1 saturated heterocycles. The average Bonchev–Trinajstić information content (AvgIpc) is 3.05. The predicted octanol–water partition coefficient (Wildman–Crippen LogP) is 1.80. The highest BCUT2D eigenvalue weighted by molar-refractivity contribution is 5.96. The van der Waals surface area contributed by atoms with Gasteiger partial charge in [-0.15, -0.1) is 0 Å². The van der Waals surface area contributed by atoms with Crippen molar-refractivity contribution < 1.29 is 0 Å². The Morgan fingerprint density at radius 1 is 1.08 bits per heavy atom. The van der Waals surface area contributed by atoms with Crippen molar-refractivity contribution in [1.29, 1.82) is 0 Å². The van der Waals surface area contributed by atoms with Crippen molar-refractivity contribution in [3.8, 4) is 0 Å². The molecule has 3 heterocycles. The van der Waals surface area contributed by atoms with Crippen molar-refractivity contribution in [2.75, 3.05) is 26.2 Å². The monoisotopic (exact) mass is 358 g/mol. The zero-order valence-electron chi connectivity index (χ0n) is 16.5. The lowest BCUT2D eigenvalue weighted by Crippen LogP contribution is -2.52. The average molecular weight is 359 g/mol. The van der Waals surface area contributed by atoms with Gasteiger partial charge in [0.2, 0.25) is 0 Å². The molecule has 144 valence electrons. The van der Waals surface area contributed by atoms with E-state index in [9.17, 15) is 0 Å². The number of amidine groups is 1.